The first-order valence-corrected chi connectivity index (χ1v) is 10.6. The van der Waals surface area contributed by atoms with Gasteiger partial charge in [0.05, 0.1) is 13.7 Å². The first kappa shape index (κ1) is 17.4. The number of hydrogen-bond acceptors (Lipinski definition) is 4. The van der Waals surface area contributed by atoms with E-state index in [2.05, 4.69) is 33.9 Å². The van der Waals surface area contributed by atoms with Gasteiger partial charge in [-0.05, 0) is 47.4 Å². The van der Waals surface area contributed by atoms with Gasteiger partial charge in [-0.25, -0.2) is 0 Å². The van der Waals surface area contributed by atoms with Gasteiger partial charge < -0.3 is 9.16 Å². The maximum atomic E-state index is 12.2. The molecule has 1 unspecified atom stereocenters. The van der Waals surface area contributed by atoms with Gasteiger partial charge >= 0.3 is 5.97 Å². The van der Waals surface area contributed by atoms with Crippen LogP contribution in [0.15, 0.2) is 16.8 Å². The van der Waals surface area contributed by atoms with Crippen molar-refractivity contribution in [2.75, 3.05) is 13.7 Å². The lowest BCUT2D eigenvalue weighted by Crippen LogP contribution is -2.47. The number of methoxy groups -OCH3 is 1. The van der Waals surface area contributed by atoms with E-state index < -0.39 is 13.7 Å². The van der Waals surface area contributed by atoms with Gasteiger partial charge in [-0.1, -0.05) is 20.8 Å². The van der Waals surface area contributed by atoms with E-state index in [9.17, 15) is 4.79 Å². The molecule has 0 aromatic carbocycles. The summed E-state index contributed by atoms with van der Waals surface area (Å²) in [6, 6.07) is 1.97. The van der Waals surface area contributed by atoms with E-state index in [0.29, 0.717) is 6.61 Å². The number of thiophene rings is 1. The fourth-order valence-electron chi connectivity index (χ4n) is 1.61. The van der Waals surface area contributed by atoms with Crippen LogP contribution in [0.2, 0.25) is 18.1 Å². The van der Waals surface area contributed by atoms with E-state index in [-0.39, 0.29) is 11.0 Å². The lowest BCUT2D eigenvalue weighted by atomic mass is 9.85. The average molecular weight is 315 g/mol. The van der Waals surface area contributed by atoms with Crippen molar-refractivity contribution in [3.63, 3.8) is 0 Å². The Hall–Kier alpha value is -0.653. The number of hydrogen-bond donors (Lipinski definition) is 0. The van der Waals surface area contributed by atoms with E-state index in [1.807, 2.05) is 23.8 Å². The minimum absolute atomic E-state index is 0.124. The second kappa shape index (κ2) is 5.99. The molecule has 0 bridgehead atoms. The van der Waals surface area contributed by atoms with Crippen molar-refractivity contribution < 1.29 is 14.0 Å². The van der Waals surface area contributed by atoms with Crippen LogP contribution >= 0.6 is 11.3 Å². The molecule has 0 spiro atoms. The second-order valence-corrected chi connectivity index (χ2v) is 12.5. The van der Waals surface area contributed by atoms with Gasteiger partial charge in [-0.2, -0.15) is 11.3 Å². The summed E-state index contributed by atoms with van der Waals surface area (Å²) in [6.45, 7) is 13.2. The molecule has 1 rings (SSSR count). The fraction of sp³-hybridized carbons (Fsp3) is 0.667. The number of ether oxygens (including phenoxy) is 1. The van der Waals surface area contributed by atoms with E-state index in [1.54, 1.807) is 11.3 Å². The molecule has 0 aliphatic carbocycles. The molecule has 0 saturated carbocycles. The molecule has 0 saturated heterocycles. The van der Waals surface area contributed by atoms with Crippen LogP contribution in [0.5, 0.6) is 0 Å². The zero-order valence-corrected chi connectivity index (χ0v) is 15.4. The van der Waals surface area contributed by atoms with E-state index >= 15 is 0 Å². The van der Waals surface area contributed by atoms with Crippen LogP contribution in [0.4, 0.5) is 0 Å². The molecule has 1 heterocycles. The van der Waals surface area contributed by atoms with E-state index in [1.165, 1.54) is 7.11 Å². The highest BCUT2D eigenvalue weighted by Gasteiger charge is 2.43. The molecule has 5 heteroatoms. The molecule has 3 nitrogen and oxygen atoms in total. The van der Waals surface area contributed by atoms with Crippen LogP contribution in [0.25, 0.3) is 0 Å². The first-order chi connectivity index (χ1) is 9.04. The molecule has 114 valence electrons. The highest BCUT2D eigenvalue weighted by atomic mass is 32.1. The molecule has 1 aromatic heterocycles. The Morgan fingerprint density at radius 1 is 1.30 bits per heavy atom. The molecule has 0 radical (unpaired) electrons. The molecule has 0 N–H and O–H groups in total. The minimum atomic E-state index is -1.89. The molecule has 1 aromatic rings. The molecule has 1 atom stereocenters. The zero-order chi connectivity index (χ0) is 15.6. The quantitative estimate of drug-likeness (QED) is 0.603. The summed E-state index contributed by atoms with van der Waals surface area (Å²) in [7, 11) is -0.460. The third-order valence-electron chi connectivity index (χ3n) is 4.32. The van der Waals surface area contributed by atoms with Gasteiger partial charge in [0.2, 0.25) is 0 Å². The predicted octanol–water partition coefficient (Wildman–Crippen LogP) is 4.20. The summed E-state index contributed by atoms with van der Waals surface area (Å²) in [5, 5.41) is 4.09. The second-order valence-electron chi connectivity index (χ2n) is 6.88. The lowest BCUT2D eigenvalue weighted by Gasteiger charge is -2.39. The van der Waals surface area contributed by atoms with Crippen molar-refractivity contribution in [1.82, 2.24) is 0 Å². The lowest BCUT2D eigenvalue weighted by molar-refractivity contribution is -0.148. The monoisotopic (exact) mass is 314 g/mol. The SMILES string of the molecule is COC(=O)C(C)(CO[Si](C)(C)C(C)(C)C)c1ccsc1. The Bertz CT molecular complexity index is 448. The molecule has 0 amide bonds. The highest BCUT2D eigenvalue weighted by Crippen LogP contribution is 2.38. The molecular formula is C15H26O3SSi. The first-order valence-electron chi connectivity index (χ1n) is 6.79. The Labute approximate surface area is 127 Å². The van der Waals surface area contributed by atoms with Crippen LogP contribution in [-0.2, 0) is 19.4 Å². The van der Waals surface area contributed by atoms with E-state index in [4.69, 9.17) is 9.16 Å². The number of rotatable bonds is 5. The van der Waals surface area contributed by atoms with Gasteiger partial charge in [0, 0.05) is 0 Å². The van der Waals surface area contributed by atoms with Crippen molar-refractivity contribution in [2.24, 2.45) is 0 Å². The van der Waals surface area contributed by atoms with Crippen molar-refractivity contribution in [3.05, 3.63) is 22.4 Å². The van der Waals surface area contributed by atoms with Gasteiger partial charge in [0.15, 0.2) is 8.32 Å². The maximum absolute atomic E-state index is 12.2. The number of carbonyl (C=O) groups excluding carboxylic acids is 1. The average Bonchev–Trinajstić information content (AvgIpc) is 2.87. The zero-order valence-electron chi connectivity index (χ0n) is 13.6. The van der Waals surface area contributed by atoms with Crippen molar-refractivity contribution in [3.8, 4) is 0 Å². The minimum Gasteiger partial charge on any atom is -0.468 e. The number of esters is 1. The Balaban J connectivity index is 2.97. The topological polar surface area (TPSA) is 35.5 Å². The maximum Gasteiger partial charge on any atom is 0.318 e. The highest BCUT2D eigenvalue weighted by molar-refractivity contribution is 7.08. The standard InChI is InChI=1S/C15H26O3SSi/c1-14(2,3)20(6,7)18-11-15(4,13(16)17-5)12-8-9-19-10-12/h8-10H,11H2,1-7H3. The van der Waals surface area contributed by atoms with Crippen LogP contribution in [0.3, 0.4) is 0 Å². The van der Waals surface area contributed by atoms with Crippen LogP contribution in [0.1, 0.15) is 33.3 Å². The summed E-state index contributed by atoms with van der Waals surface area (Å²) in [5.74, 6) is -0.241. The summed E-state index contributed by atoms with van der Waals surface area (Å²) >= 11 is 1.58. The van der Waals surface area contributed by atoms with Crippen molar-refractivity contribution in [1.29, 1.82) is 0 Å². The Kier molecular flexibility index (Phi) is 5.22. The van der Waals surface area contributed by atoms with Crippen LogP contribution in [0, 0.1) is 0 Å². The summed E-state index contributed by atoms with van der Waals surface area (Å²) in [4.78, 5) is 12.2. The number of carbonyl (C=O) groups is 1. The molecule has 20 heavy (non-hydrogen) atoms. The molecule has 0 aliphatic rings. The van der Waals surface area contributed by atoms with Crippen molar-refractivity contribution >= 4 is 25.6 Å². The smallest absolute Gasteiger partial charge is 0.318 e. The van der Waals surface area contributed by atoms with Crippen LogP contribution < -0.4 is 0 Å². The van der Waals surface area contributed by atoms with Gasteiger partial charge in [-0.3, -0.25) is 4.79 Å². The molecular weight excluding hydrogens is 288 g/mol. The summed E-state index contributed by atoms with van der Waals surface area (Å²) < 4.78 is 11.2. The van der Waals surface area contributed by atoms with Gasteiger partial charge in [0.1, 0.15) is 5.41 Å². The largest absolute Gasteiger partial charge is 0.468 e. The van der Waals surface area contributed by atoms with Crippen LogP contribution in [-0.4, -0.2) is 28.0 Å². The summed E-state index contributed by atoms with van der Waals surface area (Å²) in [5.41, 5.74) is 0.234. The Morgan fingerprint density at radius 3 is 2.30 bits per heavy atom. The normalized spacial score (nSPS) is 15.8. The third-order valence-corrected chi connectivity index (χ3v) is 9.48. The third kappa shape index (κ3) is 3.51. The van der Waals surface area contributed by atoms with E-state index in [0.717, 1.165) is 5.56 Å². The molecule has 0 fully saturated rings. The summed E-state index contributed by atoms with van der Waals surface area (Å²) in [6.07, 6.45) is 0. The Morgan fingerprint density at radius 2 is 1.90 bits per heavy atom. The predicted molar refractivity (Wildman–Crippen MR) is 86.8 cm³/mol. The molecule has 0 aliphatic heterocycles. The van der Waals surface area contributed by atoms with Gasteiger partial charge in [-0.15, -0.1) is 0 Å². The fourth-order valence-corrected chi connectivity index (χ4v) is 3.48. The van der Waals surface area contributed by atoms with Crippen molar-refractivity contribution in [2.45, 2.75) is 51.2 Å². The van der Waals surface area contributed by atoms with Gasteiger partial charge in [0.25, 0.3) is 0 Å².